The summed E-state index contributed by atoms with van der Waals surface area (Å²) in [4.78, 5) is 5.28. The quantitative estimate of drug-likeness (QED) is 0.869. The second-order valence-corrected chi connectivity index (χ2v) is 5.82. The molecule has 0 aromatic heterocycles. The summed E-state index contributed by atoms with van der Waals surface area (Å²) in [5.41, 5.74) is 1.40. The fourth-order valence-corrected chi connectivity index (χ4v) is 3.06. The molecule has 1 aliphatic carbocycles. The maximum absolute atomic E-state index is 3.46. The van der Waals surface area contributed by atoms with Crippen LogP contribution in [0.5, 0.6) is 0 Å². The van der Waals surface area contributed by atoms with Crippen molar-refractivity contribution in [2.24, 2.45) is 0 Å². The second-order valence-electron chi connectivity index (χ2n) is 5.82. The largest absolute Gasteiger partial charge is 0.312 e. The van der Waals surface area contributed by atoms with Gasteiger partial charge in [0.05, 0.1) is 0 Å². The number of hydrogen-bond acceptors (Lipinski definition) is 3. The van der Waals surface area contributed by atoms with Crippen LogP contribution >= 0.6 is 0 Å². The molecule has 3 rings (SSSR count). The molecule has 1 atom stereocenters. The number of nitrogens with one attached hydrogen (secondary N) is 1. The molecule has 1 aromatic carbocycles. The van der Waals surface area contributed by atoms with E-state index >= 15 is 0 Å². The van der Waals surface area contributed by atoms with Crippen molar-refractivity contribution in [1.29, 1.82) is 0 Å². The summed E-state index contributed by atoms with van der Waals surface area (Å²) in [7, 11) is 2.07. The van der Waals surface area contributed by atoms with Crippen molar-refractivity contribution >= 4 is 0 Å². The van der Waals surface area contributed by atoms with Gasteiger partial charge in [0, 0.05) is 44.8 Å². The van der Waals surface area contributed by atoms with Gasteiger partial charge in [0.25, 0.3) is 0 Å². The Morgan fingerprint density at radius 3 is 2.37 bits per heavy atom. The van der Waals surface area contributed by atoms with Crippen LogP contribution in [0.25, 0.3) is 0 Å². The first kappa shape index (κ1) is 13.1. The third-order valence-electron chi connectivity index (χ3n) is 4.46. The predicted molar refractivity (Wildman–Crippen MR) is 79.3 cm³/mol. The topological polar surface area (TPSA) is 18.5 Å². The van der Waals surface area contributed by atoms with Crippen LogP contribution < -0.4 is 5.32 Å². The number of hydrogen-bond donors (Lipinski definition) is 1. The van der Waals surface area contributed by atoms with E-state index in [0.717, 1.165) is 12.6 Å². The summed E-state index contributed by atoms with van der Waals surface area (Å²) in [5.74, 6) is 0. The van der Waals surface area contributed by atoms with Gasteiger partial charge in [-0.15, -0.1) is 0 Å². The van der Waals surface area contributed by atoms with E-state index < -0.39 is 0 Å². The third kappa shape index (κ3) is 3.35. The molecule has 1 heterocycles. The summed E-state index contributed by atoms with van der Waals surface area (Å²) >= 11 is 0. The number of piperazine rings is 1. The van der Waals surface area contributed by atoms with E-state index in [1.165, 1.54) is 44.6 Å². The molecule has 1 unspecified atom stereocenters. The lowest BCUT2D eigenvalue weighted by atomic mass is 10.1. The molecule has 0 spiro atoms. The molecule has 0 bridgehead atoms. The van der Waals surface area contributed by atoms with Crippen molar-refractivity contribution in [1.82, 2.24) is 15.1 Å². The number of benzene rings is 1. The summed E-state index contributed by atoms with van der Waals surface area (Å²) in [6.45, 7) is 6.09. The smallest absolute Gasteiger partial charge is 0.0446 e. The van der Waals surface area contributed by atoms with Crippen LogP contribution in [-0.2, 0) is 0 Å². The molecule has 1 N–H and O–H groups in total. The van der Waals surface area contributed by atoms with Gasteiger partial charge in [0.1, 0.15) is 0 Å². The van der Waals surface area contributed by atoms with Crippen molar-refractivity contribution in [3.63, 3.8) is 0 Å². The lowest BCUT2D eigenvalue weighted by Gasteiger charge is -2.36. The van der Waals surface area contributed by atoms with E-state index in [1.54, 1.807) is 0 Å². The average molecular weight is 259 g/mol. The van der Waals surface area contributed by atoms with Crippen molar-refractivity contribution < 1.29 is 0 Å². The molecule has 2 aliphatic rings. The third-order valence-corrected chi connectivity index (χ3v) is 4.46. The Morgan fingerprint density at radius 1 is 1.11 bits per heavy atom. The Hall–Kier alpha value is -0.900. The molecule has 0 radical (unpaired) electrons. The van der Waals surface area contributed by atoms with Crippen LogP contribution in [0.4, 0.5) is 0 Å². The summed E-state index contributed by atoms with van der Waals surface area (Å²) in [6, 6.07) is 12.2. The van der Waals surface area contributed by atoms with Crippen LogP contribution in [0.15, 0.2) is 30.3 Å². The highest BCUT2D eigenvalue weighted by molar-refractivity contribution is 5.19. The SMILES string of the molecule is CNC(CN1CCN(C2CC2)CC1)c1ccccc1. The number of nitrogens with zero attached hydrogens (tertiary/aromatic N) is 2. The van der Waals surface area contributed by atoms with Gasteiger partial charge < -0.3 is 5.32 Å². The highest BCUT2D eigenvalue weighted by Crippen LogP contribution is 2.27. The maximum atomic E-state index is 3.46. The van der Waals surface area contributed by atoms with E-state index in [0.29, 0.717) is 6.04 Å². The van der Waals surface area contributed by atoms with Gasteiger partial charge in [-0.2, -0.15) is 0 Å². The van der Waals surface area contributed by atoms with Crippen LogP contribution in [0.1, 0.15) is 24.4 Å². The normalized spacial score (nSPS) is 23.4. The first-order chi connectivity index (χ1) is 9.36. The highest BCUT2D eigenvalue weighted by Gasteiger charge is 2.31. The molecule has 104 valence electrons. The fourth-order valence-electron chi connectivity index (χ4n) is 3.06. The minimum atomic E-state index is 0.452. The second kappa shape index (κ2) is 6.04. The molecule has 3 nitrogen and oxygen atoms in total. The predicted octanol–water partition coefficient (Wildman–Crippen LogP) is 1.73. The van der Waals surface area contributed by atoms with Gasteiger partial charge >= 0.3 is 0 Å². The molecule has 1 aliphatic heterocycles. The van der Waals surface area contributed by atoms with Gasteiger partial charge in [0.2, 0.25) is 0 Å². The number of likely N-dealkylation sites (N-methyl/N-ethyl adjacent to an activating group) is 1. The van der Waals surface area contributed by atoms with Crippen LogP contribution in [0.2, 0.25) is 0 Å². The zero-order valence-corrected chi connectivity index (χ0v) is 11.9. The molecule has 19 heavy (non-hydrogen) atoms. The fraction of sp³-hybridized carbons (Fsp3) is 0.625. The zero-order valence-electron chi connectivity index (χ0n) is 11.9. The lowest BCUT2D eigenvalue weighted by molar-refractivity contribution is 0.118. The van der Waals surface area contributed by atoms with Gasteiger partial charge in [-0.05, 0) is 25.5 Å². The Bertz CT molecular complexity index is 380. The Balaban J connectivity index is 1.52. The van der Waals surface area contributed by atoms with E-state index in [9.17, 15) is 0 Å². The highest BCUT2D eigenvalue weighted by atomic mass is 15.3. The van der Waals surface area contributed by atoms with E-state index in [1.807, 2.05) is 0 Å². The van der Waals surface area contributed by atoms with Crippen LogP contribution in [0.3, 0.4) is 0 Å². The van der Waals surface area contributed by atoms with Crippen molar-refractivity contribution in [3.05, 3.63) is 35.9 Å². The first-order valence-electron chi connectivity index (χ1n) is 7.55. The summed E-state index contributed by atoms with van der Waals surface area (Å²) in [5, 5.41) is 3.46. The molecular formula is C16H25N3. The Kier molecular flexibility index (Phi) is 4.16. The van der Waals surface area contributed by atoms with Crippen LogP contribution in [0, 0.1) is 0 Å². The van der Waals surface area contributed by atoms with E-state index in [2.05, 4.69) is 52.5 Å². The molecule has 1 saturated heterocycles. The molecule has 2 fully saturated rings. The lowest BCUT2D eigenvalue weighted by Crippen LogP contribution is -2.49. The van der Waals surface area contributed by atoms with Crippen molar-refractivity contribution in [2.75, 3.05) is 39.8 Å². The molecule has 3 heteroatoms. The average Bonchev–Trinajstić information content (AvgIpc) is 3.31. The molecule has 1 aromatic rings. The molecule has 1 saturated carbocycles. The minimum absolute atomic E-state index is 0.452. The number of rotatable bonds is 5. The first-order valence-corrected chi connectivity index (χ1v) is 7.55. The van der Waals surface area contributed by atoms with Gasteiger partial charge in [-0.3, -0.25) is 9.80 Å². The molecule has 0 amide bonds. The minimum Gasteiger partial charge on any atom is -0.312 e. The van der Waals surface area contributed by atoms with E-state index in [4.69, 9.17) is 0 Å². The van der Waals surface area contributed by atoms with Crippen molar-refractivity contribution in [2.45, 2.75) is 24.9 Å². The van der Waals surface area contributed by atoms with Gasteiger partial charge in [0.15, 0.2) is 0 Å². The standard InChI is InChI=1S/C16H25N3/c1-17-16(14-5-3-2-4-6-14)13-18-9-11-19(12-10-18)15-7-8-15/h2-6,15-17H,7-13H2,1H3. The van der Waals surface area contributed by atoms with Gasteiger partial charge in [-0.1, -0.05) is 30.3 Å². The zero-order chi connectivity index (χ0) is 13.1. The molecular weight excluding hydrogens is 234 g/mol. The van der Waals surface area contributed by atoms with Crippen molar-refractivity contribution in [3.8, 4) is 0 Å². The monoisotopic (exact) mass is 259 g/mol. The summed E-state index contributed by atoms with van der Waals surface area (Å²) in [6.07, 6.45) is 2.87. The maximum Gasteiger partial charge on any atom is 0.0446 e. The Morgan fingerprint density at radius 2 is 1.79 bits per heavy atom. The summed E-state index contributed by atoms with van der Waals surface area (Å²) < 4.78 is 0. The van der Waals surface area contributed by atoms with Crippen LogP contribution in [-0.4, -0.2) is 55.6 Å². The van der Waals surface area contributed by atoms with Gasteiger partial charge in [-0.25, -0.2) is 0 Å². The van der Waals surface area contributed by atoms with E-state index in [-0.39, 0.29) is 0 Å². The Labute approximate surface area is 116 Å².